The first-order valence-electron chi connectivity index (χ1n) is 7.41. The lowest BCUT2D eigenvalue weighted by atomic mass is 9.83. The van der Waals surface area contributed by atoms with E-state index in [0.717, 1.165) is 31.2 Å². The van der Waals surface area contributed by atoms with Crippen LogP contribution in [0.15, 0.2) is 41.7 Å². The quantitative estimate of drug-likeness (QED) is 0.853. The molecule has 0 aromatic heterocycles. The smallest absolute Gasteiger partial charge is 0.338 e. The average molecular weight is 272 g/mol. The van der Waals surface area contributed by atoms with Crippen molar-refractivity contribution in [3.05, 3.63) is 47.2 Å². The minimum absolute atomic E-state index is 0.0143. The SMILES string of the molecule is CCC(C1=C(O)C2CCCC2OC1=O)c1ccccc1. The van der Waals surface area contributed by atoms with Crippen molar-refractivity contribution in [3.63, 3.8) is 0 Å². The van der Waals surface area contributed by atoms with Crippen molar-refractivity contribution in [2.45, 2.75) is 44.6 Å². The Bertz CT molecular complexity index is 532. The molecule has 1 saturated carbocycles. The van der Waals surface area contributed by atoms with Crippen molar-refractivity contribution >= 4 is 5.97 Å². The van der Waals surface area contributed by atoms with Crippen molar-refractivity contribution in [3.8, 4) is 0 Å². The fraction of sp³-hybridized carbons (Fsp3) is 0.471. The first-order chi connectivity index (χ1) is 9.72. The maximum absolute atomic E-state index is 12.3. The van der Waals surface area contributed by atoms with Gasteiger partial charge < -0.3 is 9.84 Å². The van der Waals surface area contributed by atoms with Crippen LogP contribution in [0, 0.1) is 5.92 Å². The fourth-order valence-electron chi connectivity index (χ4n) is 3.50. The minimum Gasteiger partial charge on any atom is -0.511 e. The third-order valence-electron chi connectivity index (χ3n) is 4.52. The summed E-state index contributed by atoms with van der Waals surface area (Å²) in [5.74, 6) is -0.119. The summed E-state index contributed by atoms with van der Waals surface area (Å²) in [7, 11) is 0. The normalized spacial score (nSPS) is 27.1. The number of hydrogen-bond donors (Lipinski definition) is 1. The Hall–Kier alpha value is -1.77. The molecule has 1 heterocycles. The van der Waals surface area contributed by atoms with Gasteiger partial charge in [0.05, 0.1) is 11.5 Å². The highest BCUT2D eigenvalue weighted by Gasteiger charge is 2.42. The molecular formula is C17H20O3. The summed E-state index contributed by atoms with van der Waals surface area (Å²) < 4.78 is 5.54. The van der Waals surface area contributed by atoms with Crippen LogP contribution in [-0.2, 0) is 9.53 Å². The second-order valence-corrected chi connectivity index (χ2v) is 5.65. The Kier molecular flexibility index (Phi) is 3.51. The van der Waals surface area contributed by atoms with Gasteiger partial charge in [0.2, 0.25) is 0 Å². The van der Waals surface area contributed by atoms with Gasteiger partial charge in [-0.15, -0.1) is 0 Å². The van der Waals surface area contributed by atoms with E-state index in [0.29, 0.717) is 5.57 Å². The van der Waals surface area contributed by atoms with Gasteiger partial charge in [0, 0.05) is 5.92 Å². The highest BCUT2D eigenvalue weighted by atomic mass is 16.5. The van der Waals surface area contributed by atoms with Crippen LogP contribution in [-0.4, -0.2) is 17.2 Å². The molecule has 0 radical (unpaired) electrons. The Labute approximate surface area is 119 Å². The maximum Gasteiger partial charge on any atom is 0.338 e. The Balaban J connectivity index is 2.01. The number of fused-ring (bicyclic) bond motifs is 1. The van der Waals surface area contributed by atoms with E-state index in [1.54, 1.807) is 0 Å². The van der Waals surface area contributed by atoms with E-state index in [4.69, 9.17) is 4.74 Å². The van der Waals surface area contributed by atoms with Crippen molar-refractivity contribution < 1.29 is 14.6 Å². The Morgan fingerprint density at radius 3 is 2.75 bits per heavy atom. The second kappa shape index (κ2) is 5.31. The van der Waals surface area contributed by atoms with Crippen molar-refractivity contribution in [2.24, 2.45) is 5.92 Å². The monoisotopic (exact) mass is 272 g/mol. The number of esters is 1. The van der Waals surface area contributed by atoms with Gasteiger partial charge in [-0.05, 0) is 31.2 Å². The molecule has 106 valence electrons. The predicted molar refractivity (Wildman–Crippen MR) is 76.3 cm³/mol. The summed E-state index contributed by atoms with van der Waals surface area (Å²) in [4.78, 5) is 12.3. The molecule has 3 nitrogen and oxygen atoms in total. The molecule has 0 bridgehead atoms. The fourth-order valence-corrected chi connectivity index (χ4v) is 3.50. The maximum atomic E-state index is 12.3. The minimum atomic E-state index is -0.332. The van der Waals surface area contributed by atoms with Gasteiger partial charge in [-0.2, -0.15) is 0 Å². The number of carbonyl (C=O) groups is 1. The largest absolute Gasteiger partial charge is 0.511 e. The standard InChI is InChI=1S/C17H20O3/c1-2-12(11-7-4-3-5-8-11)15-16(18)13-9-6-10-14(13)20-17(15)19/h3-5,7-8,12-14,18H,2,6,9-10H2,1H3. The van der Waals surface area contributed by atoms with Gasteiger partial charge >= 0.3 is 5.97 Å². The number of rotatable bonds is 3. The van der Waals surface area contributed by atoms with Gasteiger partial charge in [0.25, 0.3) is 0 Å². The molecule has 0 amide bonds. The van der Waals surface area contributed by atoms with Crippen LogP contribution in [0.3, 0.4) is 0 Å². The topological polar surface area (TPSA) is 46.5 Å². The third kappa shape index (κ3) is 2.11. The highest BCUT2D eigenvalue weighted by molar-refractivity contribution is 5.92. The van der Waals surface area contributed by atoms with Crippen LogP contribution in [0.2, 0.25) is 0 Å². The van der Waals surface area contributed by atoms with E-state index >= 15 is 0 Å². The third-order valence-corrected chi connectivity index (χ3v) is 4.52. The Morgan fingerprint density at radius 1 is 1.30 bits per heavy atom. The first-order valence-corrected chi connectivity index (χ1v) is 7.41. The van der Waals surface area contributed by atoms with Gasteiger partial charge in [-0.3, -0.25) is 0 Å². The van der Waals surface area contributed by atoms with Gasteiger partial charge in [0.15, 0.2) is 0 Å². The molecule has 1 aliphatic carbocycles. The summed E-state index contributed by atoms with van der Waals surface area (Å²) in [5, 5.41) is 10.6. The summed E-state index contributed by atoms with van der Waals surface area (Å²) in [6.45, 7) is 2.03. The van der Waals surface area contributed by atoms with E-state index in [2.05, 4.69) is 0 Å². The lowest BCUT2D eigenvalue weighted by molar-refractivity contribution is -0.149. The summed E-state index contributed by atoms with van der Waals surface area (Å²) in [5.41, 5.74) is 1.53. The summed E-state index contributed by atoms with van der Waals surface area (Å²) in [6, 6.07) is 9.88. The van der Waals surface area contributed by atoms with Crippen LogP contribution < -0.4 is 0 Å². The number of aliphatic hydroxyl groups excluding tert-OH is 1. The molecule has 1 fully saturated rings. The second-order valence-electron chi connectivity index (χ2n) is 5.65. The van der Waals surface area contributed by atoms with E-state index in [9.17, 15) is 9.90 Å². The Morgan fingerprint density at radius 2 is 2.05 bits per heavy atom. The molecule has 0 spiro atoms. The average Bonchev–Trinajstić information content (AvgIpc) is 2.92. The molecule has 1 aromatic rings. The number of benzene rings is 1. The van der Waals surface area contributed by atoms with Crippen LogP contribution in [0.5, 0.6) is 0 Å². The van der Waals surface area contributed by atoms with Crippen LogP contribution in [0.25, 0.3) is 0 Å². The highest BCUT2D eigenvalue weighted by Crippen LogP contribution is 2.42. The zero-order valence-corrected chi connectivity index (χ0v) is 11.7. The lowest BCUT2D eigenvalue weighted by Gasteiger charge is -2.30. The van der Waals surface area contributed by atoms with Crippen LogP contribution in [0.1, 0.15) is 44.1 Å². The molecule has 3 unspecified atom stereocenters. The van der Waals surface area contributed by atoms with Crippen molar-refractivity contribution in [1.82, 2.24) is 0 Å². The molecule has 1 aromatic carbocycles. The number of hydrogen-bond acceptors (Lipinski definition) is 3. The van der Waals surface area contributed by atoms with Gasteiger partial charge in [0.1, 0.15) is 11.9 Å². The molecule has 3 heteroatoms. The number of ether oxygens (including phenoxy) is 1. The van der Waals surface area contributed by atoms with E-state index < -0.39 is 0 Å². The summed E-state index contributed by atoms with van der Waals surface area (Å²) in [6.07, 6.45) is 3.46. The molecule has 2 aliphatic rings. The molecule has 3 atom stereocenters. The molecular weight excluding hydrogens is 252 g/mol. The van der Waals surface area contributed by atoms with Crippen molar-refractivity contribution in [2.75, 3.05) is 0 Å². The molecule has 0 saturated heterocycles. The van der Waals surface area contributed by atoms with E-state index in [1.807, 2.05) is 37.3 Å². The molecule has 1 aliphatic heterocycles. The zero-order chi connectivity index (χ0) is 14.1. The molecule has 3 rings (SSSR count). The zero-order valence-electron chi connectivity index (χ0n) is 11.7. The number of aliphatic hydroxyl groups is 1. The van der Waals surface area contributed by atoms with Gasteiger partial charge in [-0.25, -0.2) is 4.79 Å². The lowest BCUT2D eigenvalue weighted by Crippen LogP contribution is -2.33. The predicted octanol–water partition coefficient (Wildman–Crippen LogP) is 3.72. The van der Waals surface area contributed by atoms with Crippen molar-refractivity contribution in [1.29, 1.82) is 0 Å². The first kappa shape index (κ1) is 13.2. The number of carbonyl (C=O) groups excluding carboxylic acids is 1. The van der Waals surface area contributed by atoms with E-state index in [1.165, 1.54) is 0 Å². The molecule has 20 heavy (non-hydrogen) atoms. The van der Waals surface area contributed by atoms with Crippen LogP contribution >= 0.6 is 0 Å². The summed E-state index contributed by atoms with van der Waals surface area (Å²) >= 11 is 0. The van der Waals surface area contributed by atoms with Gasteiger partial charge in [-0.1, -0.05) is 37.3 Å². The molecule has 1 N–H and O–H groups in total. The van der Waals surface area contributed by atoms with Crippen LogP contribution in [0.4, 0.5) is 0 Å². The van der Waals surface area contributed by atoms with E-state index in [-0.39, 0.29) is 29.7 Å².